The van der Waals surface area contributed by atoms with E-state index in [1.807, 2.05) is 117 Å². The Kier molecular flexibility index (Phi) is 135. The molecule has 0 unspecified atom stereocenters. The van der Waals surface area contributed by atoms with Gasteiger partial charge in [-0.05, 0) is 156 Å². The van der Waals surface area contributed by atoms with E-state index in [0.717, 1.165) is 47.7 Å². The predicted molar refractivity (Wildman–Crippen MR) is 491 cm³/mol. The van der Waals surface area contributed by atoms with Gasteiger partial charge in [-0.25, -0.2) is 22.4 Å². The first-order chi connectivity index (χ1) is 49.5. The van der Waals surface area contributed by atoms with Crippen molar-refractivity contribution in [1.29, 1.82) is 0 Å². The lowest BCUT2D eigenvalue weighted by Crippen LogP contribution is -2.17. The number of carbonyl (C=O) groups is 6. The second kappa shape index (κ2) is 104. The SMILES string of the molecule is C.C.C.C.C.C.C.C.C.C.C.C.CC(C)(C)OC=O.CC(C)/C=C/c1cccc(F)c1.CC(C)C#Cc1cccc(F)c1.CC(C)COc1cc(F)cc(F)c1.CC(C)COc1cccnc1.CC(C)COc1cccnc1.CC(C)OC=O.CCOC(=O)/C=C/C(C)C.CCOC=O.COC=O.COc1cncc(C(C)C)c1.NC=O. The number of nitrogens with two attached hydrogens (primary N) is 1. The number of aromatic nitrogens is 3. The summed E-state index contributed by atoms with van der Waals surface area (Å²) in [5, 5.41) is 0. The minimum absolute atomic E-state index is 0. The quantitative estimate of drug-likeness (QED) is 0.0166. The second-order valence-electron chi connectivity index (χ2n) is 25.0. The monoisotopic (exact) mass is 1670 g/mol. The first-order valence-corrected chi connectivity index (χ1v) is 34.1. The van der Waals surface area contributed by atoms with Crippen molar-refractivity contribution in [2.24, 2.45) is 41.2 Å². The lowest BCUT2D eigenvalue weighted by molar-refractivity contribution is -0.139. The summed E-state index contributed by atoms with van der Waals surface area (Å²) in [6.07, 6.45) is 18.1. The Bertz CT molecular complexity index is 3130. The standard InChI is InChI=1S/C11H13F.C11H11F.C10H12F2O.3C9H13NO.C8H14O2.C5H10O2.C4H8O2.C3H6O2.C2H4O2.CH3NO.12CH4/c2*1-9(2)6-7-10-4-3-5-11(12)8-10;1-7(2)6-13-10-4-8(11)3-9(12)5-10;1-7(2)8-4-9(11-3)6-10-5-8;2*1-8(2)7-11-9-4-3-5-10-6-9;1-4-10-8(9)6-5-7(2)3;1-5(2,3)7-4-6;1-4(2)6-3-5;1-2-5-3-4;1-4-2-3;2-1-3;;;;;;;;;;;;/h3-9H,1-2H3;3-5,8-9H,1-2H3;3-5,7H,6H2,1-2H3;4-7H,1-3H3;2*3-6,8H,7H2,1-2H3;5-7H,4H2,1-3H3;4H,1-3H3;3-4H,1-2H3;3H,2H2,1H3;2H,1H3;1H,(H2,2,3);12*1H4/b7-6+;;;;;;6-5+;;;;;;;;;;;;;;;;;. The number of esters is 1. The number of methoxy groups -OCH3 is 2. The highest BCUT2D eigenvalue weighted by Gasteiger charge is 2.08. The Hall–Kier alpha value is -10.1. The fourth-order valence-electron chi connectivity index (χ4n) is 5.62. The molecule has 1 amide bonds. The molecule has 0 spiro atoms. The summed E-state index contributed by atoms with van der Waals surface area (Å²) in [7, 11) is 2.97. The molecule has 0 aliphatic heterocycles. The average molecular weight is 1670 g/mol. The third-order valence-corrected chi connectivity index (χ3v) is 10.3. The van der Waals surface area contributed by atoms with Crippen molar-refractivity contribution in [3.05, 3.63) is 192 Å². The van der Waals surface area contributed by atoms with E-state index in [2.05, 4.69) is 118 Å². The second-order valence-corrected chi connectivity index (χ2v) is 25.0. The zero-order valence-corrected chi connectivity index (χ0v) is 66.1. The highest BCUT2D eigenvalue weighted by atomic mass is 19.1. The van der Waals surface area contributed by atoms with Crippen molar-refractivity contribution < 1.29 is 89.0 Å². The van der Waals surface area contributed by atoms with Gasteiger partial charge in [0.1, 0.15) is 51.9 Å². The summed E-state index contributed by atoms with van der Waals surface area (Å²) in [5.41, 5.74) is 6.72. The molecule has 3 aromatic carbocycles. The fraction of sp³-hybridized carbons (Fsp3) is 0.521. The van der Waals surface area contributed by atoms with Crippen LogP contribution in [0.1, 0.15) is 257 Å². The first-order valence-electron chi connectivity index (χ1n) is 34.1. The third-order valence-electron chi connectivity index (χ3n) is 10.3. The van der Waals surface area contributed by atoms with Crippen LogP contribution in [0.3, 0.4) is 0 Å². The van der Waals surface area contributed by atoms with Crippen molar-refractivity contribution >= 4 is 44.3 Å². The number of nitrogens with zero attached hydrogens (tertiary/aromatic N) is 3. The van der Waals surface area contributed by atoms with E-state index in [0.29, 0.717) is 87.1 Å². The van der Waals surface area contributed by atoms with Crippen molar-refractivity contribution in [1.82, 2.24) is 15.0 Å². The van der Waals surface area contributed by atoms with E-state index in [4.69, 9.17) is 28.5 Å². The Morgan fingerprint density at radius 1 is 0.487 bits per heavy atom. The van der Waals surface area contributed by atoms with E-state index >= 15 is 0 Å². The molecule has 0 bridgehead atoms. The van der Waals surface area contributed by atoms with Gasteiger partial charge < -0.3 is 48.4 Å². The van der Waals surface area contributed by atoms with E-state index in [1.54, 1.807) is 84.0 Å². The fourth-order valence-corrected chi connectivity index (χ4v) is 5.62. The zero-order valence-electron chi connectivity index (χ0n) is 66.1. The number of amides is 1. The molecule has 23 heteroatoms. The largest absolute Gasteiger partial charge is 0.495 e. The summed E-state index contributed by atoms with van der Waals surface area (Å²) in [6, 6.07) is 25.7. The van der Waals surface area contributed by atoms with Gasteiger partial charge in [-0.15, -0.1) is 0 Å². The molecule has 3 heterocycles. The van der Waals surface area contributed by atoms with E-state index < -0.39 is 11.6 Å². The third kappa shape index (κ3) is 122. The van der Waals surface area contributed by atoms with Crippen LogP contribution in [0, 0.1) is 70.6 Å². The van der Waals surface area contributed by atoms with Gasteiger partial charge in [0.05, 0.1) is 71.9 Å². The molecule has 0 atom stereocenters. The maximum Gasteiger partial charge on any atom is 0.330 e. The maximum atomic E-state index is 12.7. The van der Waals surface area contributed by atoms with Crippen molar-refractivity contribution in [3.63, 3.8) is 0 Å². The van der Waals surface area contributed by atoms with Crippen LogP contribution in [0.2, 0.25) is 0 Å². The van der Waals surface area contributed by atoms with Crippen LogP contribution in [0.25, 0.3) is 6.08 Å². The molecule has 0 fully saturated rings. The van der Waals surface area contributed by atoms with Gasteiger partial charge in [-0.2, -0.15) is 0 Å². The van der Waals surface area contributed by atoms with E-state index in [-0.39, 0.29) is 131 Å². The van der Waals surface area contributed by atoms with Gasteiger partial charge in [0, 0.05) is 54.3 Å². The van der Waals surface area contributed by atoms with Gasteiger partial charge in [0.2, 0.25) is 6.41 Å². The Balaban J connectivity index is -0.0000000574. The van der Waals surface area contributed by atoms with Crippen LogP contribution in [-0.2, 0) is 52.5 Å². The van der Waals surface area contributed by atoms with Crippen LogP contribution in [-0.4, -0.2) is 112 Å². The van der Waals surface area contributed by atoms with Crippen molar-refractivity contribution in [2.75, 3.05) is 47.3 Å². The number of hydrogen-bond donors (Lipinski definition) is 1. The lowest BCUT2D eigenvalue weighted by Gasteiger charge is -2.14. The van der Waals surface area contributed by atoms with E-state index in [9.17, 15) is 36.7 Å². The number of primary amides is 1. The minimum Gasteiger partial charge on any atom is -0.495 e. The molecule has 6 rings (SSSR count). The molecule has 0 aliphatic carbocycles. The Labute approximate surface area is 712 Å². The van der Waals surface area contributed by atoms with Gasteiger partial charge in [-0.3, -0.25) is 38.9 Å². The van der Waals surface area contributed by atoms with Crippen molar-refractivity contribution in [3.8, 4) is 34.8 Å². The molecule has 0 aliphatic rings. The summed E-state index contributed by atoms with van der Waals surface area (Å²) in [4.78, 5) is 68.3. The number of pyridine rings is 3. The molecule has 0 radical (unpaired) electrons. The highest BCUT2D eigenvalue weighted by Crippen LogP contribution is 2.19. The summed E-state index contributed by atoms with van der Waals surface area (Å²) in [6.45, 7) is 46.1. The van der Waals surface area contributed by atoms with E-state index in [1.165, 1.54) is 55.1 Å². The zero-order chi connectivity index (χ0) is 81.4. The predicted octanol–water partition coefficient (Wildman–Crippen LogP) is 25.8. The van der Waals surface area contributed by atoms with Crippen molar-refractivity contribution in [2.45, 2.75) is 252 Å². The van der Waals surface area contributed by atoms with Crippen LogP contribution < -0.4 is 24.7 Å². The highest BCUT2D eigenvalue weighted by molar-refractivity contribution is 5.81. The molecule has 0 saturated heterocycles. The average Bonchev–Trinajstić information content (AvgIpc) is 0.894. The molecule has 682 valence electrons. The first kappa shape index (κ1) is 152. The normalized spacial score (nSPS) is 8.71. The molecule has 2 N–H and O–H groups in total. The minimum atomic E-state index is -0.612. The number of benzene rings is 3. The number of halogens is 4. The number of carbonyl (C=O) groups excluding carboxylic acids is 6. The number of ether oxygens (including phenoxy) is 9. The number of rotatable bonds is 22. The van der Waals surface area contributed by atoms with Gasteiger partial charge in [-0.1, -0.05) is 234 Å². The maximum absolute atomic E-state index is 12.7. The smallest absolute Gasteiger partial charge is 0.330 e. The van der Waals surface area contributed by atoms with Crippen LogP contribution in [0.5, 0.6) is 23.0 Å². The molecular formula is C94H168F4N4O15. The molecule has 117 heavy (non-hydrogen) atoms. The molecule has 19 nitrogen and oxygen atoms in total. The number of allylic oxidation sites excluding steroid dienone is 2. The lowest BCUT2D eigenvalue weighted by atomic mass is 10.1. The van der Waals surface area contributed by atoms with Crippen LogP contribution in [0.4, 0.5) is 17.6 Å². The molecule has 0 saturated carbocycles. The van der Waals surface area contributed by atoms with Crippen LogP contribution in [0.15, 0.2) is 152 Å². The summed E-state index contributed by atoms with van der Waals surface area (Å²) < 4.78 is 93.1. The Morgan fingerprint density at radius 3 is 1.21 bits per heavy atom. The van der Waals surface area contributed by atoms with Gasteiger partial charge >= 0.3 is 5.97 Å². The van der Waals surface area contributed by atoms with Gasteiger partial charge in [0.25, 0.3) is 25.9 Å². The summed E-state index contributed by atoms with van der Waals surface area (Å²) >= 11 is 0. The summed E-state index contributed by atoms with van der Waals surface area (Å²) in [5.74, 6) is 9.97. The molecule has 3 aromatic heterocycles. The van der Waals surface area contributed by atoms with Gasteiger partial charge in [0.15, 0.2) is 0 Å². The van der Waals surface area contributed by atoms with Crippen LogP contribution >= 0.6 is 0 Å². The topological polar surface area (TPSA) is 250 Å². The Morgan fingerprint density at radius 2 is 0.915 bits per heavy atom. The number of hydrogen-bond acceptors (Lipinski definition) is 18. The molecular weight excluding hydrogens is 1500 g/mol. The molecule has 6 aromatic rings.